The minimum Gasteiger partial charge on any atom is -0.411 e. The van der Waals surface area contributed by atoms with Crippen LogP contribution in [0.2, 0.25) is 0 Å². The molecule has 6 unspecified atom stereocenters. The van der Waals surface area contributed by atoms with Crippen LogP contribution in [0.4, 0.5) is 0 Å². The number of aliphatic hydroxyl groups is 1. The fourth-order valence-corrected chi connectivity index (χ4v) is 6.80. The Morgan fingerprint density at radius 3 is 2.42 bits per heavy atom. The maximum atomic E-state index is 12.4. The first-order valence-corrected chi connectivity index (χ1v) is 9.60. The molecule has 0 aromatic carbocycles. The summed E-state index contributed by atoms with van der Waals surface area (Å²) in [7, 11) is 0. The van der Waals surface area contributed by atoms with E-state index in [9.17, 15) is 20.3 Å². The highest BCUT2D eigenvalue weighted by Crippen LogP contribution is 2.66. The molecule has 142 valence electrons. The van der Waals surface area contributed by atoms with Crippen molar-refractivity contribution in [2.75, 3.05) is 0 Å². The number of carbonyl (C=O) groups is 1. The summed E-state index contributed by atoms with van der Waals surface area (Å²) >= 11 is 0. The molecule has 26 heavy (non-hydrogen) atoms. The fourth-order valence-electron chi connectivity index (χ4n) is 6.80. The van der Waals surface area contributed by atoms with Gasteiger partial charge in [0, 0.05) is 11.8 Å². The van der Waals surface area contributed by atoms with Gasteiger partial charge in [0.15, 0.2) is 5.71 Å². The van der Waals surface area contributed by atoms with Crippen LogP contribution in [0.15, 0.2) is 22.0 Å². The van der Waals surface area contributed by atoms with E-state index in [0.29, 0.717) is 24.2 Å². The molecule has 0 aromatic heterocycles. The van der Waals surface area contributed by atoms with Crippen LogP contribution >= 0.6 is 0 Å². The normalized spacial score (nSPS) is 51.0. The lowest BCUT2D eigenvalue weighted by atomic mass is 9.47. The lowest BCUT2D eigenvalue weighted by Gasteiger charge is -2.57. The average molecular weight is 360 g/mol. The van der Waals surface area contributed by atoms with Gasteiger partial charge in [0.2, 0.25) is 5.78 Å². The topological polar surface area (TPSA) is 102 Å². The Bertz CT molecular complexity index is 753. The molecule has 4 aliphatic rings. The zero-order valence-corrected chi connectivity index (χ0v) is 15.7. The molecule has 0 saturated heterocycles. The van der Waals surface area contributed by atoms with Gasteiger partial charge in [-0.3, -0.25) is 4.79 Å². The predicted molar refractivity (Wildman–Crippen MR) is 96.5 cm³/mol. The van der Waals surface area contributed by atoms with Gasteiger partial charge in [0.25, 0.3) is 0 Å². The van der Waals surface area contributed by atoms with E-state index in [1.807, 2.05) is 6.92 Å². The van der Waals surface area contributed by atoms with Crippen LogP contribution in [-0.4, -0.2) is 38.3 Å². The SMILES string of the molecule is CC12C/C(=N/O)C(=O)/C(=N\O)C1=CCC1C2CCC2(C)C1CCC2(C)O. The second kappa shape index (κ2) is 5.41. The predicted octanol–water partition coefficient (Wildman–Crippen LogP) is 3.15. The van der Waals surface area contributed by atoms with Gasteiger partial charge >= 0.3 is 0 Å². The van der Waals surface area contributed by atoms with Crippen LogP contribution in [0.5, 0.6) is 0 Å². The molecule has 0 aliphatic heterocycles. The number of Topliss-reactive ketones (excluding diaryl/α,β-unsaturated/α-hetero) is 1. The number of nitrogens with zero attached hydrogens (tertiary/aromatic N) is 2. The van der Waals surface area contributed by atoms with Crippen LogP contribution in [-0.2, 0) is 4.79 Å². The zero-order chi connectivity index (χ0) is 18.9. The second-order valence-corrected chi connectivity index (χ2v) is 9.42. The molecule has 6 atom stereocenters. The third kappa shape index (κ3) is 1.99. The smallest absolute Gasteiger partial charge is 0.232 e. The molecule has 0 spiro atoms. The summed E-state index contributed by atoms with van der Waals surface area (Å²) < 4.78 is 0. The van der Waals surface area contributed by atoms with Crippen molar-refractivity contribution in [2.45, 2.75) is 64.9 Å². The molecule has 0 amide bonds. The Morgan fingerprint density at radius 2 is 1.77 bits per heavy atom. The Balaban J connectivity index is 1.78. The van der Waals surface area contributed by atoms with Crippen LogP contribution in [0.1, 0.15) is 59.3 Å². The van der Waals surface area contributed by atoms with Crippen LogP contribution in [0.25, 0.3) is 0 Å². The van der Waals surface area contributed by atoms with Gasteiger partial charge in [0.1, 0.15) is 5.71 Å². The standard InChI is InChI=1S/C20H28N2O4/c1-18-10-15(21-25)17(23)16(22-26)14(18)5-4-11-12(18)6-8-19(2)13(11)7-9-20(19,3)24/h5,11-13,24-26H,4,6-10H2,1-3H3/b21-15-,22-16-. The number of ketones is 1. The van der Waals surface area contributed by atoms with Crippen molar-refractivity contribution in [3.05, 3.63) is 11.6 Å². The lowest BCUT2D eigenvalue weighted by molar-refractivity contribution is -0.113. The summed E-state index contributed by atoms with van der Waals surface area (Å²) in [5.74, 6) is 0.690. The molecule has 6 nitrogen and oxygen atoms in total. The third-order valence-electron chi connectivity index (χ3n) is 8.51. The fraction of sp³-hybridized carbons (Fsp3) is 0.750. The summed E-state index contributed by atoms with van der Waals surface area (Å²) in [6.07, 6.45) is 7.01. The minimum atomic E-state index is -0.633. The summed E-state index contributed by atoms with van der Waals surface area (Å²) in [5.41, 5.74) is -0.197. The molecule has 3 saturated carbocycles. The summed E-state index contributed by atoms with van der Waals surface area (Å²) in [6, 6.07) is 0. The lowest BCUT2D eigenvalue weighted by Crippen LogP contribution is -2.56. The Morgan fingerprint density at radius 1 is 1.08 bits per heavy atom. The first-order chi connectivity index (χ1) is 12.2. The van der Waals surface area contributed by atoms with E-state index >= 15 is 0 Å². The number of carbonyl (C=O) groups excluding carboxylic acids is 1. The highest BCUT2D eigenvalue weighted by Gasteiger charge is 2.63. The monoisotopic (exact) mass is 360 g/mol. The molecule has 0 bridgehead atoms. The van der Waals surface area contributed by atoms with E-state index in [-0.39, 0.29) is 22.3 Å². The largest absolute Gasteiger partial charge is 0.411 e. The van der Waals surface area contributed by atoms with Gasteiger partial charge in [-0.25, -0.2) is 0 Å². The third-order valence-corrected chi connectivity index (χ3v) is 8.51. The second-order valence-electron chi connectivity index (χ2n) is 9.42. The van der Waals surface area contributed by atoms with E-state index in [4.69, 9.17) is 0 Å². The van der Waals surface area contributed by atoms with Crippen molar-refractivity contribution in [3.63, 3.8) is 0 Å². The molecular weight excluding hydrogens is 332 g/mol. The summed E-state index contributed by atoms with van der Waals surface area (Å²) in [6.45, 7) is 6.31. The van der Waals surface area contributed by atoms with E-state index < -0.39 is 11.4 Å². The van der Waals surface area contributed by atoms with E-state index in [0.717, 1.165) is 37.7 Å². The number of rotatable bonds is 0. The van der Waals surface area contributed by atoms with Crippen molar-refractivity contribution in [3.8, 4) is 0 Å². The number of hydrogen-bond donors (Lipinski definition) is 3. The highest BCUT2D eigenvalue weighted by molar-refractivity contribution is 6.70. The molecule has 3 N–H and O–H groups in total. The summed E-state index contributed by atoms with van der Waals surface area (Å²) in [4.78, 5) is 12.4. The van der Waals surface area contributed by atoms with Crippen LogP contribution < -0.4 is 0 Å². The van der Waals surface area contributed by atoms with Crippen LogP contribution in [0.3, 0.4) is 0 Å². The molecule has 0 radical (unpaired) electrons. The van der Waals surface area contributed by atoms with Gasteiger partial charge in [-0.05, 0) is 67.8 Å². The number of hydrogen-bond acceptors (Lipinski definition) is 6. The highest BCUT2D eigenvalue weighted by atomic mass is 16.4. The van der Waals surface area contributed by atoms with Gasteiger partial charge in [0.05, 0.1) is 5.60 Å². The van der Waals surface area contributed by atoms with Crippen molar-refractivity contribution in [2.24, 2.45) is 38.9 Å². The van der Waals surface area contributed by atoms with Gasteiger partial charge in [-0.15, -0.1) is 0 Å². The maximum absolute atomic E-state index is 12.4. The molecule has 6 heteroatoms. The van der Waals surface area contributed by atoms with Crippen molar-refractivity contribution in [1.29, 1.82) is 0 Å². The van der Waals surface area contributed by atoms with E-state index in [2.05, 4.69) is 30.2 Å². The number of allylic oxidation sites excluding steroid dienone is 2. The minimum absolute atomic E-state index is 0.0248. The molecule has 0 heterocycles. The van der Waals surface area contributed by atoms with Crippen molar-refractivity contribution >= 4 is 17.2 Å². The first-order valence-electron chi connectivity index (χ1n) is 9.60. The molecule has 4 aliphatic carbocycles. The molecule has 0 aromatic rings. The molecule has 4 rings (SSSR count). The zero-order valence-electron chi connectivity index (χ0n) is 15.7. The Kier molecular flexibility index (Phi) is 3.69. The first kappa shape index (κ1) is 17.7. The summed E-state index contributed by atoms with van der Waals surface area (Å²) in [5, 5.41) is 36.2. The average Bonchev–Trinajstić information content (AvgIpc) is 2.84. The van der Waals surface area contributed by atoms with Gasteiger partial charge < -0.3 is 15.5 Å². The maximum Gasteiger partial charge on any atom is 0.232 e. The van der Waals surface area contributed by atoms with Gasteiger partial charge in [-0.2, -0.15) is 0 Å². The Hall–Kier alpha value is -1.69. The van der Waals surface area contributed by atoms with Crippen molar-refractivity contribution in [1.82, 2.24) is 0 Å². The van der Waals surface area contributed by atoms with E-state index in [1.54, 1.807) is 0 Å². The van der Waals surface area contributed by atoms with Crippen molar-refractivity contribution < 1.29 is 20.3 Å². The quantitative estimate of drug-likeness (QED) is 0.456. The molecular formula is C20H28N2O4. The Labute approximate surface area is 153 Å². The van der Waals surface area contributed by atoms with Gasteiger partial charge in [-0.1, -0.05) is 30.2 Å². The number of fused-ring (bicyclic) bond motifs is 5. The van der Waals surface area contributed by atoms with E-state index in [1.165, 1.54) is 0 Å². The van der Waals surface area contributed by atoms with Crippen LogP contribution in [0, 0.1) is 28.6 Å². The number of oxime groups is 2. The molecule has 3 fully saturated rings.